The summed E-state index contributed by atoms with van der Waals surface area (Å²) >= 11 is 0. The van der Waals surface area contributed by atoms with Crippen LogP contribution in [0.2, 0.25) is 0 Å². The van der Waals surface area contributed by atoms with Crippen LogP contribution < -0.4 is 0 Å². The molecule has 0 atom stereocenters. The Morgan fingerprint density at radius 3 is 0.800 bits per heavy atom. The lowest BCUT2D eigenvalue weighted by molar-refractivity contribution is 1.50. The first-order valence-electron chi connectivity index (χ1n) is 3.50. The smallest absolute Gasteiger partial charge is 0.0623 e. The quantitative estimate of drug-likeness (QED) is 0.479. The molecule has 0 unspecified atom stereocenters. The first-order chi connectivity index (χ1) is 5.00. The zero-order valence-corrected chi connectivity index (χ0v) is 6.88. The van der Waals surface area contributed by atoms with Crippen LogP contribution in [0.4, 0.5) is 0 Å². The van der Waals surface area contributed by atoms with E-state index in [4.69, 9.17) is 0 Å². The summed E-state index contributed by atoms with van der Waals surface area (Å²) < 4.78 is 0. The van der Waals surface area contributed by atoms with Gasteiger partial charge in [0.25, 0.3) is 0 Å². The first kappa shape index (κ1) is 11.7. The van der Waals surface area contributed by atoms with Gasteiger partial charge in [0, 0.05) is 0 Å². The molecule has 0 fully saturated rings. The minimum absolute atomic E-state index is 2.00. The number of benzene rings is 1. The van der Waals surface area contributed by atoms with Crippen molar-refractivity contribution in [3.05, 3.63) is 49.6 Å². The second-order valence-electron chi connectivity index (χ2n) is 1.15. The second kappa shape index (κ2) is 15.7. The van der Waals surface area contributed by atoms with Gasteiger partial charge >= 0.3 is 0 Å². The van der Waals surface area contributed by atoms with Crippen LogP contribution in [0.25, 0.3) is 0 Å². The van der Waals surface area contributed by atoms with Crippen molar-refractivity contribution in [3.63, 3.8) is 0 Å². The fourth-order valence-corrected chi connectivity index (χ4v) is 0.385. The molecule has 0 aromatic heterocycles. The van der Waals surface area contributed by atoms with Crippen LogP contribution in [0.3, 0.4) is 0 Å². The van der Waals surface area contributed by atoms with E-state index in [1.807, 2.05) is 50.2 Å². The largest absolute Gasteiger partial charge is 0.106 e. The van der Waals surface area contributed by atoms with Crippen molar-refractivity contribution in [2.45, 2.75) is 13.8 Å². The molecule has 0 bridgehead atoms. The molecule has 0 nitrogen and oxygen atoms in total. The van der Waals surface area contributed by atoms with Gasteiger partial charge in [0.05, 0.1) is 0 Å². The van der Waals surface area contributed by atoms with Crippen molar-refractivity contribution in [3.8, 4) is 0 Å². The van der Waals surface area contributed by atoms with Crippen LogP contribution in [0.15, 0.2) is 49.6 Å². The van der Waals surface area contributed by atoms with Gasteiger partial charge in [-0.25, -0.2) is 0 Å². The minimum Gasteiger partial charge on any atom is -0.106 e. The van der Waals surface area contributed by atoms with E-state index >= 15 is 0 Å². The summed E-state index contributed by atoms with van der Waals surface area (Å²) in [5, 5.41) is 0. The average molecular weight is 136 g/mol. The van der Waals surface area contributed by atoms with Crippen LogP contribution in [0.1, 0.15) is 13.8 Å². The molecule has 0 amide bonds. The Hall–Kier alpha value is -1.04. The summed E-state index contributed by atoms with van der Waals surface area (Å²) in [6.07, 6.45) is 0. The number of hydrogen-bond donors (Lipinski definition) is 0. The fraction of sp³-hybridized carbons (Fsp3) is 0.200. The van der Waals surface area contributed by atoms with E-state index in [0.29, 0.717) is 0 Å². The topological polar surface area (TPSA) is 0 Å². The zero-order valence-electron chi connectivity index (χ0n) is 6.88. The van der Waals surface area contributed by atoms with Crippen molar-refractivity contribution in [1.29, 1.82) is 0 Å². The van der Waals surface area contributed by atoms with E-state index in [1.165, 1.54) is 0 Å². The van der Waals surface area contributed by atoms with Gasteiger partial charge in [-0.2, -0.15) is 0 Å². The molecule has 0 heteroatoms. The molecule has 0 aliphatic carbocycles. The first-order valence-corrected chi connectivity index (χ1v) is 3.50. The second-order valence-corrected chi connectivity index (χ2v) is 1.15. The SMILES string of the molecule is C=C.CC.c1ccccc1. The molecule has 0 heterocycles. The van der Waals surface area contributed by atoms with Crippen LogP contribution in [0, 0.1) is 0 Å². The lowest BCUT2D eigenvalue weighted by Crippen LogP contribution is -1.47. The summed E-state index contributed by atoms with van der Waals surface area (Å²) in [6.45, 7) is 10.0. The summed E-state index contributed by atoms with van der Waals surface area (Å²) in [5.74, 6) is 0. The third-order valence-electron chi connectivity index (χ3n) is 0.667. The molecular weight excluding hydrogens is 120 g/mol. The summed E-state index contributed by atoms with van der Waals surface area (Å²) in [6, 6.07) is 12.0. The Labute approximate surface area is 64.2 Å². The maximum absolute atomic E-state index is 3.00. The molecule has 0 saturated heterocycles. The van der Waals surface area contributed by atoms with Gasteiger partial charge in [-0.1, -0.05) is 50.2 Å². The summed E-state index contributed by atoms with van der Waals surface area (Å²) in [4.78, 5) is 0. The van der Waals surface area contributed by atoms with Gasteiger partial charge < -0.3 is 0 Å². The molecular formula is C10H16. The molecule has 0 aliphatic rings. The van der Waals surface area contributed by atoms with Crippen molar-refractivity contribution >= 4 is 0 Å². The molecule has 0 spiro atoms. The molecule has 0 aliphatic heterocycles. The summed E-state index contributed by atoms with van der Waals surface area (Å²) in [7, 11) is 0. The Morgan fingerprint density at radius 1 is 0.600 bits per heavy atom. The van der Waals surface area contributed by atoms with Crippen LogP contribution in [-0.4, -0.2) is 0 Å². The van der Waals surface area contributed by atoms with Gasteiger partial charge in [-0.3, -0.25) is 0 Å². The third-order valence-corrected chi connectivity index (χ3v) is 0.667. The predicted octanol–water partition coefficient (Wildman–Crippen LogP) is 3.52. The normalized spacial score (nSPS) is 5.80. The van der Waals surface area contributed by atoms with Crippen molar-refractivity contribution < 1.29 is 0 Å². The third kappa shape index (κ3) is 10.0. The van der Waals surface area contributed by atoms with E-state index in [-0.39, 0.29) is 0 Å². The molecule has 0 saturated carbocycles. The maximum atomic E-state index is 3.00. The van der Waals surface area contributed by atoms with E-state index < -0.39 is 0 Å². The van der Waals surface area contributed by atoms with E-state index in [9.17, 15) is 0 Å². The highest BCUT2D eigenvalue weighted by Gasteiger charge is 1.57. The Balaban J connectivity index is 0. The number of rotatable bonds is 0. The van der Waals surface area contributed by atoms with Gasteiger partial charge in [0.1, 0.15) is 0 Å². The predicted molar refractivity (Wildman–Crippen MR) is 49.0 cm³/mol. The highest BCUT2D eigenvalue weighted by Crippen LogP contribution is 1.79. The van der Waals surface area contributed by atoms with E-state index in [0.717, 1.165) is 0 Å². The molecule has 1 rings (SSSR count). The minimum atomic E-state index is 2.00. The Bertz CT molecular complexity index is 82.9. The van der Waals surface area contributed by atoms with E-state index in [2.05, 4.69) is 13.2 Å². The van der Waals surface area contributed by atoms with Crippen LogP contribution in [-0.2, 0) is 0 Å². The zero-order chi connectivity index (χ0) is 8.24. The lowest BCUT2D eigenvalue weighted by Gasteiger charge is -1.69. The Morgan fingerprint density at radius 2 is 0.700 bits per heavy atom. The van der Waals surface area contributed by atoms with Gasteiger partial charge in [0.2, 0.25) is 0 Å². The standard InChI is InChI=1S/C6H6.C2H6.C2H4/c1-2-4-6-5-3-1;2*1-2/h1-6H;1-2H3;1-2H2. The monoisotopic (exact) mass is 136 g/mol. The molecule has 1 aromatic carbocycles. The summed E-state index contributed by atoms with van der Waals surface area (Å²) in [5.41, 5.74) is 0. The van der Waals surface area contributed by atoms with Gasteiger partial charge in [-0.15, -0.1) is 13.2 Å². The molecule has 0 radical (unpaired) electrons. The van der Waals surface area contributed by atoms with Gasteiger partial charge in [-0.05, 0) is 0 Å². The highest BCUT2D eigenvalue weighted by atomic mass is 13.6. The van der Waals surface area contributed by atoms with Crippen LogP contribution >= 0.6 is 0 Å². The molecule has 0 N–H and O–H groups in total. The molecule has 1 aromatic rings. The Kier molecular flexibility index (Phi) is 18.4. The molecule has 56 valence electrons. The lowest BCUT2D eigenvalue weighted by atomic mass is 10.4. The average Bonchev–Trinajstić information content (AvgIpc) is 2.14. The van der Waals surface area contributed by atoms with E-state index in [1.54, 1.807) is 0 Å². The highest BCUT2D eigenvalue weighted by molar-refractivity contribution is 4.99. The van der Waals surface area contributed by atoms with Gasteiger partial charge in [0.15, 0.2) is 0 Å². The van der Waals surface area contributed by atoms with Crippen LogP contribution in [0.5, 0.6) is 0 Å². The maximum Gasteiger partial charge on any atom is -0.0623 e. The van der Waals surface area contributed by atoms with Crippen molar-refractivity contribution in [2.24, 2.45) is 0 Å². The van der Waals surface area contributed by atoms with Crippen molar-refractivity contribution in [2.75, 3.05) is 0 Å². The fourth-order valence-electron chi connectivity index (χ4n) is 0.385. The molecule has 10 heavy (non-hydrogen) atoms. The van der Waals surface area contributed by atoms with Crippen molar-refractivity contribution in [1.82, 2.24) is 0 Å². The number of hydrogen-bond acceptors (Lipinski definition) is 0.